The molecule has 0 aliphatic carbocycles. The fourth-order valence-electron chi connectivity index (χ4n) is 4.97. The van der Waals surface area contributed by atoms with Crippen molar-refractivity contribution in [1.82, 2.24) is 14.9 Å². The molecule has 0 spiro atoms. The number of benzene rings is 3. The lowest BCUT2D eigenvalue weighted by Gasteiger charge is -2.29. The number of hydrogen-bond donors (Lipinski definition) is 1. The lowest BCUT2D eigenvalue weighted by atomic mass is 10.0. The number of anilines is 1. The van der Waals surface area contributed by atoms with Gasteiger partial charge in [0.1, 0.15) is 23.3 Å². The van der Waals surface area contributed by atoms with Crippen molar-refractivity contribution >= 4 is 23.0 Å². The Morgan fingerprint density at radius 2 is 1.46 bits per heavy atom. The fraction of sp³-hybridized carbons (Fsp3) is 0.125. The Morgan fingerprint density at radius 3 is 2.18 bits per heavy atom. The minimum absolute atomic E-state index is 0.143. The molecular formula is C32H28N4O2S. The first-order chi connectivity index (χ1) is 19.2. The summed E-state index contributed by atoms with van der Waals surface area (Å²) in [5.41, 5.74) is 4.03. The number of para-hydroxylation sites is 1. The summed E-state index contributed by atoms with van der Waals surface area (Å²) in [5.74, 6) is 2.41. The van der Waals surface area contributed by atoms with Crippen LogP contribution in [-0.2, 0) is 0 Å². The number of nitrogens with one attached hydrogen (secondary N) is 1. The molecule has 39 heavy (non-hydrogen) atoms. The predicted molar refractivity (Wildman–Crippen MR) is 158 cm³/mol. The van der Waals surface area contributed by atoms with Crippen LogP contribution in [0.15, 0.2) is 122 Å². The number of aromatic nitrogens is 2. The largest absolute Gasteiger partial charge is 0.494 e. The van der Waals surface area contributed by atoms with E-state index in [1.807, 2.05) is 98.0 Å². The third-order valence-electron chi connectivity index (χ3n) is 6.70. The van der Waals surface area contributed by atoms with Crippen LogP contribution >= 0.6 is 12.2 Å². The molecule has 0 bridgehead atoms. The maximum Gasteiger partial charge on any atom is 0.174 e. The van der Waals surface area contributed by atoms with Crippen molar-refractivity contribution < 1.29 is 9.47 Å². The Kier molecular flexibility index (Phi) is 6.97. The molecule has 0 unspecified atom stereocenters. The fourth-order valence-corrected chi connectivity index (χ4v) is 5.32. The molecule has 3 heterocycles. The number of hydrogen-bond acceptors (Lipinski definition) is 4. The highest BCUT2D eigenvalue weighted by Gasteiger charge is 2.42. The molecule has 194 valence electrons. The molecule has 1 saturated heterocycles. The third kappa shape index (κ3) is 5.09. The molecule has 0 saturated carbocycles. The van der Waals surface area contributed by atoms with Crippen molar-refractivity contribution in [2.45, 2.75) is 19.0 Å². The molecule has 2 atom stereocenters. The molecule has 1 N–H and O–H groups in total. The zero-order valence-corrected chi connectivity index (χ0v) is 22.3. The second-order valence-corrected chi connectivity index (χ2v) is 9.52. The van der Waals surface area contributed by atoms with Gasteiger partial charge < -0.3 is 24.3 Å². The van der Waals surface area contributed by atoms with Gasteiger partial charge in [-0.2, -0.15) is 0 Å². The number of pyridine rings is 1. The Morgan fingerprint density at radius 1 is 0.769 bits per heavy atom. The van der Waals surface area contributed by atoms with E-state index in [0.29, 0.717) is 11.7 Å². The quantitative estimate of drug-likeness (QED) is 0.213. The Hall–Kier alpha value is -4.62. The van der Waals surface area contributed by atoms with Gasteiger partial charge in [-0.25, -0.2) is 0 Å². The van der Waals surface area contributed by atoms with Crippen LogP contribution in [0.25, 0.3) is 5.69 Å². The van der Waals surface area contributed by atoms with E-state index in [0.717, 1.165) is 40.0 Å². The van der Waals surface area contributed by atoms with Crippen LogP contribution in [0.4, 0.5) is 5.69 Å². The van der Waals surface area contributed by atoms with Gasteiger partial charge in [0, 0.05) is 29.5 Å². The van der Waals surface area contributed by atoms with Gasteiger partial charge in [0.05, 0.1) is 18.3 Å². The van der Waals surface area contributed by atoms with Crippen molar-refractivity contribution in [3.8, 4) is 22.9 Å². The summed E-state index contributed by atoms with van der Waals surface area (Å²) in [5, 5.41) is 4.19. The standard InChI is InChI=1S/C32H28N4O2S/c1-2-37-25-17-13-23(14-18-25)35-22-8-12-29(35)31-30(28-11-6-7-21-33-28)34-32(39)36(31)24-15-19-27(20-16-24)38-26-9-4-3-5-10-26/h3-22,30-31H,2H2,1H3,(H,34,39)/t30-,31+/m1/s1. The number of rotatable bonds is 8. The third-order valence-corrected chi connectivity index (χ3v) is 7.02. The maximum absolute atomic E-state index is 6.02. The molecule has 1 aliphatic heterocycles. The molecule has 7 heteroatoms. The van der Waals surface area contributed by atoms with Crippen LogP contribution in [0.5, 0.6) is 17.2 Å². The molecule has 2 aromatic heterocycles. The highest BCUT2D eigenvalue weighted by molar-refractivity contribution is 7.80. The van der Waals surface area contributed by atoms with Crippen LogP contribution in [-0.4, -0.2) is 21.3 Å². The topological polar surface area (TPSA) is 51.5 Å². The van der Waals surface area contributed by atoms with Crippen LogP contribution in [0, 0.1) is 0 Å². The number of thiocarbonyl (C=S) groups is 1. The minimum atomic E-state index is -0.144. The molecule has 0 radical (unpaired) electrons. The summed E-state index contributed by atoms with van der Waals surface area (Å²) < 4.78 is 13.9. The van der Waals surface area contributed by atoms with Gasteiger partial charge in [0.25, 0.3) is 0 Å². The second-order valence-electron chi connectivity index (χ2n) is 9.14. The minimum Gasteiger partial charge on any atom is -0.494 e. The van der Waals surface area contributed by atoms with Crippen molar-refractivity contribution in [3.05, 3.63) is 133 Å². The van der Waals surface area contributed by atoms with Crippen LogP contribution in [0.1, 0.15) is 30.4 Å². The lowest BCUT2D eigenvalue weighted by Crippen LogP contribution is -2.30. The summed E-state index contributed by atoms with van der Waals surface area (Å²) in [6, 6.07) is 35.9. The van der Waals surface area contributed by atoms with E-state index in [-0.39, 0.29) is 12.1 Å². The molecule has 0 amide bonds. The first kappa shape index (κ1) is 24.7. The van der Waals surface area contributed by atoms with Crippen molar-refractivity contribution in [2.75, 3.05) is 11.5 Å². The Bertz CT molecular complexity index is 1540. The van der Waals surface area contributed by atoms with Gasteiger partial charge in [-0.15, -0.1) is 0 Å². The van der Waals surface area contributed by atoms with E-state index < -0.39 is 0 Å². The summed E-state index contributed by atoms with van der Waals surface area (Å²) in [7, 11) is 0. The van der Waals surface area contributed by atoms with Gasteiger partial charge in [0.2, 0.25) is 0 Å². The van der Waals surface area contributed by atoms with E-state index in [1.54, 1.807) is 0 Å². The molecular weight excluding hydrogens is 504 g/mol. The summed E-state index contributed by atoms with van der Waals surface area (Å²) in [6.45, 7) is 2.62. The smallest absolute Gasteiger partial charge is 0.174 e. The van der Waals surface area contributed by atoms with E-state index >= 15 is 0 Å². The zero-order valence-electron chi connectivity index (χ0n) is 21.5. The highest BCUT2D eigenvalue weighted by Crippen LogP contribution is 2.42. The first-order valence-electron chi connectivity index (χ1n) is 13.0. The van der Waals surface area contributed by atoms with Crippen LogP contribution in [0.3, 0.4) is 0 Å². The van der Waals surface area contributed by atoms with E-state index in [9.17, 15) is 0 Å². The van der Waals surface area contributed by atoms with Crippen LogP contribution < -0.4 is 19.7 Å². The zero-order chi connectivity index (χ0) is 26.6. The first-order valence-corrected chi connectivity index (χ1v) is 13.4. The van der Waals surface area contributed by atoms with Gasteiger partial charge >= 0.3 is 0 Å². The average molecular weight is 533 g/mol. The molecule has 3 aromatic carbocycles. The van der Waals surface area contributed by atoms with Crippen LogP contribution in [0.2, 0.25) is 0 Å². The number of nitrogens with zero attached hydrogens (tertiary/aromatic N) is 3. The average Bonchev–Trinajstić information content (AvgIpc) is 3.59. The van der Waals surface area contributed by atoms with Crippen molar-refractivity contribution in [3.63, 3.8) is 0 Å². The lowest BCUT2D eigenvalue weighted by molar-refractivity contribution is 0.340. The van der Waals surface area contributed by atoms with Crippen molar-refractivity contribution in [1.29, 1.82) is 0 Å². The summed E-state index contributed by atoms with van der Waals surface area (Å²) >= 11 is 5.92. The van der Waals surface area contributed by atoms with Gasteiger partial charge in [0.15, 0.2) is 5.11 Å². The normalized spacial score (nSPS) is 16.6. The SMILES string of the molecule is CCOc1ccc(-n2cccc2[C@H]2[C@@H](c3ccccn3)NC(=S)N2c2ccc(Oc3ccccc3)cc2)cc1. The van der Waals surface area contributed by atoms with Gasteiger partial charge in [-0.05, 0) is 104 Å². The van der Waals surface area contributed by atoms with E-state index in [2.05, 4.69) is 50.2 Å². The number of ether oxygens (including phenoxy) is 2. The predicted octanol–water partition coefficient (Wildman–Crippen LogP) is 7.24. The molecule has 1 fully saturated rings. The van der Waals surface area contributed by atoms with Gasteiger partial charge in [-0.1, -0.05) is 24.3 Å². The van der Waals surface area contributed by atoms with E-state index in [1.165, 1.54) is 0 Å². The molecule has 5 aromatic rings. The maximum atomic E-state index is 6.02. The summed E-state index contributed by atoms with van der Waals surface area (Å²) in [4.78, 5) is 6.85. The van der Waals surface area contributed by atoms with Gasteiger partial charge in [-0.3, -0.25) is 4.98 Å². The summed E-state index contributed by atoms with van der Waals surface area (Å²) in [6.07, 6.45) is 3.90. The highest BCUT2D eigenvalue weighted by atomic mass is 32.1. The Labute approximate surface area is 233 Å². The Balaban J connectivity index is 1.38. The van der Waals surface area contributed by atoms with Crippen molar-refractivity contribution in [2.24, 2.45) is 0 Å². The monoisotopic (exact) mass is 532 g/mol. The molecule has 6 nitrogen and oxygen atoms in total. The molecule has 6 rings (SSSR count). The second kappa shape index (κ2) is 11.0. The van der Waals surface area contributed by atoms with E-state index in [4.69, 9.17) is 21.7 Å². The molecule has 1 aliphatic rings.